The zero-order chi connectivity index (χ0) is 14.7. The van der Waals surface area contributed by atoms with Crippen LogP contribution in [-0.2, 0) is 6.54 Å². The minimum Gasteiger partial charge on any atom is -0.379 e. The number of carbonyl (C=O) groups excluding carboxylic acids is 1. The second-order valence-electron chi connectivity index (χ2n) is 3.96. The molecule has 0 aliphatic carbocycles. The molecule has 1 aromatic heterocycles. The SMILES string of the molecule is CNC(=O)c1ccc(Cl)c(NCc2cc(Br)c(Cl)s2)c1. The summed E-state index contributed by atoms with van der Waals surface area (Å²) in [5.74, 6) is -0.147. The molecule has 7 heteroatoms. The highest BCUT2D eigenvalue weighted by atomic mass is 79.9. The molecule has 1 heterocycles. The van der Waals surface area contributed by atoms with Gasteiger partial charge in [-0.1, -0.05) is 23.2 Å². The Hall–Kier alpha value is -0.750. The molecular formula is C13H11BrCl2N2OS. The smallest absolute Gasteiger partial charge is 0.251 e. The molecule has 2 aromatic rings. The van der Waals surface area contributed by atoms with E-state index in [1.807, 2.05) is 6.07 Å². The van der Waals surface area contributed by atoms with Crippen LogP contribution in [-0.4, -0.2) is 13.0 Å². The summed E-state index contributed by atoms with van der Waals surface area (Å²) < 4.78 is 1.60. The van der Waals surface area contributed by atoms with E-state index in [0.717, 1.165) is 9.35 Å². The summed E-state index contributed by atoms with van der Waals surface area (Å²) in [7, 11) is 1.59. The number of benzene rings is 1. The monoisotopic (exact) mass is 392 g/mol. The first-order valence-electron chi connectivity index (χ1n) is 5.70. The zero-order valence-electron chi connectivity index (χ0n) is 10.5. The normalized spacial score (nSPS) is 10.4. The molecule has 0 radical (unpaired) electrons. The van der Waals surface area contributed by atoms with Gasteiger partial charge in [0.2, 0.25) is 0 Å². The Labute approximate surface area is 139 Å². The van der Waals surface area contributed by atoms with Gasteiger partial charge in [-0.2, -0.15) is 0 Å². The van der Waals surface area contributed by atoms with Crippen LogP contribution >= 0.6 is 50.5 Å². The predicted molar refractivity (Wildman–Crippen MR) is 89.2 cm³/mol. The minimum absolute atomic E-state index is 0.147. The highest BCUT2D eigenvalue weighted by molar-refractivity contribution is 9.10. The van der Waals surface area contributed by atoms with Crippen LogP contribution in [0.5, 0.6) is 0 Å². The Morgan fingerprint density at radius 3 is 2.70 bits per heavy atom. The fraction of sp³-hybridized carbons (Fsp3) is 0.154. The Morgan fingerprint density at radius 1 is 1.35 bits per heavy atom. The lowest BCUT2D eigenvalue weighted by molar-refractivity contribution is 0.0963. The fourth-order valence-electron chi connectivity index (χ4n) is 1.61. The molecule has 1 aromatic carbocycles. The van der Waals surface area contributed by atoms with Crippen LogP contribution in [0.25, 0.3) is 0 Å². The average molecular weight is 394 g/mol. The third-order valence-electron chi connectivity index (χ3n) is 2.60. The largest absolute Gasteiger partial charge is 0.379 e. The van der Waals surface area contributed by atoms with E-state index in [1.165, 1.54) is 11.3 Å². The number of thiophene rings is 1. The lowest BCUT2D eigenvalue weighted by atomic mass is 10.2. The summed E-state index contributed by atoms with van der Waals surface area (Å²) in [6.07, 6.45) is 0. The van der Waals surface area contributed by atoms with Gasteiger partial charge in [0.25, 0.3) is 5.91 Å². The van der Waals surface area contributed by atoms with E-state index in [9.17, 15) is 4.79 Å². The van der Waals surface area contributed by atoms with Gasteiger partial charge >= 0.3 is 0 Å². The van der Waals surface area contributed by atoms with Crippen molar-refractivity contribution in [3.8, 4) is 0 Å². The number of carbonyl (C=O) groups is 1. The van der Waals surface area contributed by atoms with Gasteiger partial charge in [0.05, 0.1) is 10.7 Å². The molecule has 0 aliphatic rings. The first-order chi connectivity index (χ1) is 9.51. The summed E-state index contributed by atoms with van der Waals surface area (Å²) in [4.78, 5) is 12.7. The quantitative estimate of drug-likeness (QED) is 0.783. The van der Waals surface area contributed by atoms with Gasteiger partial charge in [-0.05, 0) is 40.2 Å². The molecule has 0 bridgehead atoms. The molecular weight excluding hydrogens is 383 g/mol. The Kier molecular flexibility index (Phi) is 5.32. The van der Waals surface area contributed by atoms with Crippen LogP contribution in [0.1, 0.15) is 15.2 Å². The van der Waals surface area contributed by atoms with E-state index in [-0.39, 0.29) is 5.91 Å². The molecule has 0 aliphatic heterocycles. The van der Waals surface area contributed by atoms with Crippen LogP contribution in [0, 0.1) is 0 Å². The second kappa shape index (κ2) is 6.80. The lowest BCUT2D eigenvalue weighted by Crippen LogP contribution is -2.17. The Bertz CT molecular complexity index is 626. The molecule has 0 saturated carbocycles. The average Bonchev–Trinajstić information content (AvgIpc) is 2.76. The molecule has 106 valence electrons. The standard InChI is InChI=1S/C13H11BrCl2N2OS/c1-17-13(19)7-2-3-10(15)11(4-7)18-6-8-5-9(14)12(16)20-8/h2-5,18H,6H2,1H3,(H,17,19). The van der Waals surface area contributed by atoms with Crippen molar-refractivity contribution in [3.63, 3.8) is 0 Å². The molecule has 0 atom stereocenters. The minimum atomic E-state index is -0.147. The van der Waals surface area contributed by atoms with Crippen molar-refractivity contribution >= 4 is 62.1 Å². The Balaban J connectivity index is 2.14. The van der Waals surface area contributed by atoms with Crippen molar-refractivity contribution in [2.45, 2.75) is 6.54 Å². The number of halogens is 3. The molecule has 0 saturated heterocycles. The zero-order valence-corrected chi connectivity index (χ0v) is 14.4. The highest BCUT2D eigenvalue weighted by Gasteiger charge is 2.09. The summed E-state index contributed by atoms with van der Waals surface area (Å²) in [6.45, 7) is 0.590. The van der Waals surface area contributed by atoms with E-state index in [2.05, 4.69) is 26.6 Å². The molecule has 2 rings (SSSR count). The van der Waals surface area contributed by atoms with Gasteiger partial charge in [-0.3, -0.25) is 4.79 Å². The maximum absolute atomic E-state index is 11.6. The van der Waals surface area contributed by atoms with Crippen LogP contribution in [0.2, 0.25) is 9.36 Å². The second-order valence-corrected chi connectivity index (χ2v) is 6.96. The van der Waals surface area contributed by atoms with Crippen LogP contribution < -0.4 is 10.6 Å². The topological polar surface area (TPSA) is 41.1 Å². The number of hydrogen-bond acceptors (Lipinski definition) is 3. The highest BCUT2D eigenvalue weighted by Crippen LogP contribution is 2.33. The molecule has 20 heavy (non-hydrogen) atoms. The molecule has 1 amide bonds. The summed E-state index contributed by atoms with van der Waals surface area (Å²) in [5.41, 5.74) is 1.28. The van der Waals surface area contributed by atoms with Gasteiger partial charge in [0.15, 0.2) is 0 Å². The first kappa shape index (κ1) is 15.6. The van der Waals surface area contributed by atoms with Gasteiger partial charge in [-0.15, -0.1) is 11.3 Å². The number of anilines is 1. The first-order valence-corrected chi connectivity index (χ1v) is 8.07. The van der Waals surface area contributed by atoms with Gasteiger partial charge in [0.1, 0.15) is 4.34 Å². The summed E-state index contributed by atoms with van der Waals surface area (Å²) in [6, 6.07) is 7.07. The molecule has 0 unspecified atom stereocenters. The maximum Gasteiger partial charge on any atom is 0.251 e. The third-order valence-corrected chi connectivity index (χ3v) is 5.41. The predicted octanol–water partition coefficient (Wildman–Crippen LogP) is 4.79. The van der Waals surface area contributed by atoms with Crippen LogP contribution in [0.3, 0.4) is 0 Å². The van der Waals surface area contributed by atoms with Crippen molar-refractivity contribution in [2.24, 2.45) is 0 Å². The number of amides is 1. The van der Waals surface area contributed by atoms with Crippen molar-refractivity contribution in [2.75, 3.05) is 12.4 Å². The third kappa shape index (κ3) is 3.67. The molecule has 3 nitrogen and oxygen atoms in total. The fourth-order valence-corrected chi connectivity index (χ4v) is 3.52. The number of rotatable bonds is 4. The van der Waals surface area contributed by atoms with Gasteiger partial charge < -0.3 is 10.6 Å². The number of hydrogen-bond donors (Lipinski definition) is 2. The molecule has 0 fully saturated rings. The van der Waals surface area contributed by atoms with E-state index in [4.69, 9.17) is 23.2 Å². The summed E-state index contributed by atoms with van der Waals surface area (Å²) >= 11 is 17.0. The van der Waals surface area contributed by atoms with E-state index < -0.39 is 0 Å². The van der Waals surface area contributed by atoms with Crippen molar-refractivity contribution < 1.29 is 4.79 Å². The molecule has 2 N–H and O–H groups in total. The van der Waals surface area contributed by atoms with Crippen molar-refractivity contribution in [1.82, 2.24) is 5.32 Å². The Morgan fingerprint density at radius 2 is 2.10 bits per heavy atom. The van der Waals surface area contributed by atoms with E-state index >= 15 is 0 Å². The van der Waals surface area contributed by atoms with Crippen molar-refractivity contribution in [3.05, 3.63) is 48.5 Å². The maximum atomic E-state index is 11.6. The summed E-state index contributed by atoms with van der Waals surface area (Å²) in [5, 5.41) is 6.36. The number of nitrogens with one attached hydrogen (secondary N) is 2. The lowest BCUT2D eigenvalue weighted by Gasteiger charge is -2.09. The van der Waals surface area contributed by atoms with Crippen LogP contribution in [0.4, 0.5) is 5.69 Å². The van der Waals surface area contributed by atoms with Crippen LogP contribution in [0.15, 0.2) is 28.7 Å². The van der Waals surface area contributed by atoms with E-state index in [1.54, 1.807) is 25.2 Å². The van der Waals surface area contributed by atoms with Crippen molar-refractivity contribution in [1.29, 1.82) is 0 Å². The molecule has 0 spiro atoms. The van der Waals surface area contributed by atoms with Gasteiger partial charge in [-0.25, -0.2) is 0 Å². The van der Waals surface area contributed by atoms with E-state index in [0.29, 0.717) is 27.2 Å². The van der Waals surface area contributed by atoms with Gasteiger partial charge in [0, 0.05) is 28.5 Å².